The van der Waals surface area contributed by atoms with E-state index in [9.17, 15) is 14.4 Å². The number of carbonyl (C=O) groups excluding carboxylic acids is 3. The average Bonchev–Trinajstić information content (AvgIpc) is 2.93. The van der Waals surface area contributed by atoms with Crippen LogP contribution in [0.3, 0.4) is 0 Å². The Kier molecular flexibility index (Phi) is 8.14. The zero-order valence-electron chi connectivity index (χ0n) is 18.4. The number of methoxy groups -OCH3 is 2. The summed E-state index contributed by atoms with van der Waals surface area (Å²) in [5, 5.41) is 5.80. The van der Waals surface area contributed by atoms with Crippen LogP contribution in [0.5, 0.6) is 11.5 Å². The first-order valence-corrected chi connectivity index (χ1v) is 11.1. The van der Waals surface area contributed by atoms with Crippen molar-refractivity contribution in [2.75, 3.05) is 20.8 Å². The third-order valence-electron chi connectivity index (χ3n) is 6.06. The molecule has 0 bridgehead atoms. The SMILES string of the molecule is COc1ccc(CCN2C(=O)NC(CCC(=O)NC3CCCCCC3)C2=O)cc1OC. The Morgan fingerprint density at radius 3 is 2.48 bits per heavy atom. The Labute approximate surface area is 183 Å². The maximum Gasteiger partial charge on any atom is 0.324 e. The van der Waals surface area contributed by atoms with E-state index in [1.165, 1.54) is 17.7 Å². The van der Waals surface area contributed by atoms with Gasteiger partial charge in [-0.2, -0.15) is 0 Å². The molecule has 0 aromatic heterocycles. The molecule has 8 heteroatoms. The van der Waals surface area contributed by atoms with Gasteiger partial charge in [-0.1, -0.05) is 31.7 Å². The summed E-state index contributed by atoms with van der Waals surface area (Å²) in [5.41, 5.74) is 0.935. The minimum atomic E-state index is -0.641. The van der Waals surface area contributed by atoms with Gasteiger partial charge in [0, 0.05) is 19.0 Å². The number of carbonyl (C=O) groups is 3. The van der Waals surface area contributed by atoms with Crippen molar-refractivity contribution in [2.45, 2.75) is 69.9 Å². The molecule has 2 aliphatic rings. The Hall–Kier alpha value is -2.77. The first-order chi connectivity index (χ1) is 15.0. The van der Waals surface area contributed by atoms with Crippen LogP contribution in [0.25, 0.3) is 0 Å². The molecule has 3 rings (SSSR count). The standard InChI is InChI=1S/C23H33N3O5/c1-30-19-11-9-16(15-20(19)31-2)13-14-26-22(28)18(25-23(26)29)10-12-21(27)24-17-7-5-3-4-6-8-17/h9,11,15,17-18H,3-8,10,12-14H2,1-2H3,(H,24,27)(H,25,29). The van der Waals surface area contributed by atoms with Crippen LogP contribution in [0, 0.1) is 0 Å². The van der Waals surface area contributed by atoms with Crippen molar-refractivity contribution < 1.29 is 23.9 Å². The molecular formula is C23H33N3O5. The first-order valence-electron chi connectivity index (χ1n) is 11.1. The van der Waals surface area contributed by atoms with Crippen LogP contribution in [0.1, 0.15) is 56.9 Å². The minimum Gasteiger partial charge on any atom is -0.493 e. The van der Waals surface area contributed by atoms with Gasteiger partial charge in [-0.15, -0.1) is 0 Å². The molecule has 1 unspecified atom stereocenters. The van der Waals surface area contributed by atoms with Crippen LogP contribution in [0.2, 0.25) is 0 Å². The number of hydrogen-bond donors (Lipinski definition) is 2. The molecule has 1 aliphatic heterocycles. The lowest BCUT2D eigenvalue weighted by molar-refractivity contribution is -0.127. The summed E-state index contributed by atoms with van der Waals surface area (Å²) in [6.07, 6.45) is 7.86. The number of imide groups is 1. The van der Waals surface area contributed by atoms with E-state index in [-0.39, 0.29) is 30.8 Å². The quantitative estimate of drug-likeness (QED) is 0.463. The second-order valence-corrected chi connectivity index (χ2v) is 8.23. The van der Waals surface area contributed by atoms with Crippen molar-refractivity contribution in [3.8, 4) is 11.5 Å². The van der Waals surface area contributed by atoms with Gasteiger partial charge in [0.25, 0.3) is 5.91 Å². The molecule has 0 spiro atoms. The lowest BCUT2D eigenvalue weighted by atomic mass is 10.1. The Morgan fingerprint density at radius 2 is 1.81 bits per heavy atom. The molecule has 170 valence electrons. The number of benzene rings is 1. The van der Waals surface area contributed by atoms with Gasteiger partial charge < -0.3 is 20.1 Å². The number of amides is 4. The Bertz CT molecular complexity index is 789. The van der Waals surface area contributed by atoms with E-state index < -0.39 is 12.1 Å². The van der Waals surface area contributed by atoms with Crippen molar-refractivity contribution in [1.29, 1.82) is 0 Å². The molecule has 1 aliphatic carbocycles. The maximum absolute atomic E-state index is 12.7. The lowest BCUT2D eigenvalue weighted by Crippen LogP contribution is -2.36. The number of ether oxygens (including phenoxy) is 2. The van der Waals surface area contributed by atoms with Gasteiger partial charge in [-0.25, -0.2) is 4.79 Å². The van der Waals surface area contributed by atoms with Crippen LogP contribution >= 0.6 is 0 Å². The van der Waals surface area contributed by atoms with Crippen molar-refractivity contribution in [1.82, 2.24) is 15.5 Å². The molecule has 8 nitrogen and oxygen atoms in total. The average molecular weight is 432 g/mol. The van der Waals surface area contributed by atoms with Crippen molar-refractivity contribution in [2.24, 2.45) is 0 Å². The molecule has 2 N–H and O–H groups in total. The molecule has 1 saturated heterocycles. The summed E-state index contributed by atoms with van der Waals surface area (Å²) < 4.78 is 10.5. The molecule has 4 amide bonds. The molecular weight excluding hydrogens is 398 g/mol. The van der Waals surface area contributed by atoms with E-state index in [1.54, 1.807) is 20.3 Å². The van der Waals surface area contributed by atoms with Crippen LogP contribution in [-0.2, 0) is 16.0 Å². The highest BCUT2D eigenvalue weighted by molar-refractivity contribution is 6.04. The molecule has 2 fully saturated rings. The number of urea groups is 1. The normalized spacial score (nSPS) is 19.7. The predicted octanol–water partition coefficient (Wildman–Crippen LogP) is 2.79. The maximum atomic E-state index is 12.7. The van der Waals surface area contributed by atoms with Crippen molar-refractivity contribution in [3.63, 3.8) is 0 Å². The van der Waals surface area contributed by atoms with Crippen LogP contribution in [0.15, 0.2) is 18.2 Å². The summed E-state index contributed by atoms with van der Waals surface area (Å²) in [5.74, 6) is 0.920. The number of hydrogen-bond acceptors (Lipinski definition) is 5. The Balaban J connectivity index is 1.47. The minimum absolute atomic E-state index is 0.0438. The van der Waals surface area contributed by atoms with E-state index in [4.69, 9.17) is 9.47 Å². The summed E-state index contributed by atoms with van der Waals surface area (Å²) in [6.45, 7) is 0.269. The fourth-order valence-electron chi connectivity index (χ4n) is 4.26. The third-order valence-corrected chi connectivity index (χ3v) is 6.06. The molecule has 31 heavy (non-hydrogen) atoms. The highest BCUT2D eigenvalue weighted by Gasteiger charge is 2.37. The van der Waals surface area contributed by atoms with Crippen LogP contribution < -0.4 is 20.1 Å². The van der Waals surface area contributed by atoms with Crippen molar-refractivity contribution >= 4 is 17.8 Å². The van der Waals surface area contributed by atoms with Gasteiger partial charge in [0.15, 0.2) is 11.5 Å². The van der Waals surface area contributed by atoms with Gasteiger partial charge in [-0.05, 0) is 43.4 Å². The monoisotopic (exact) mass is 431 g/mol. The highest BCUT2D eigenvalue weighted by Crippen LogP contribution is 2.28. The summed E-state index contributed by atoms with van der Waals surface area (Å²) in [6, 6.07) is 4.72. The fraction of sp³-hybridized carbons (Fsp3) is 0.609. The largest absolute Gasteiger partial charge is 0.493 e. The second-order valence-electron chi connectivity index (χ2n) is 8.23. The zero-order chi connectivity index (χ0) is 22.2. The molecule has 1 saturated carbocycles. The second kappa shape index (κ2) is 11.0. The first kappa shape index (κ1) is 22.9. The summed E-state index contributed by atoms with van der Waals surface area (Å²) in [4.78, 5) is 38.5. The van der Waals surface area contributed by atoms with Gasteiger partial charge in [0.05, 0.1) is 14.2 Å². The zero-order valence-corrected chi connectivity index (χ0v) is 18.4. The fourth-order valence-corrected chi connectivity index (χ4v) is 4.26. The topological polar surface area (TPSA) is 97.0 Å². The molecule has 0 radical (unpaired) electrons. The molecule has 1 atom stereocenters. The van der Waals surface area contributed by atoms with E-state index in [0.717, 1.165) is 31.2 Å². The molecule has 1 aromatic rings. The predicted molar refractivity (Wildman–Crippen MR) is 116 cm³/mol. The number of nitrogens with zero attached hydrogens (tertiary/aromatic N) is 1. The summed E-state index contributed by atoms with van der Waals surface area (Å²) >= 11 is 0. The van der Waals surface area contributed by atoms with Gasteiger partial charge in [-0.3, -0.25) is 14.5 Å². The Morgan fingerprint density at radius 1 is 1.10 bits per heavy atom. The van der Waals surface area contributed by atoms with Gasteiger partial charge in [0.2, 0.25) is 5.91 Å². The van der Waals surface area contributed by atoms with E-state index in [1.807, 2.05) is 12.1 Å². The van der Waals surface area contributed by atoms with E-state index >= 15 is 0 Å². The van der Waals surface area contributed by atoms with Gasteiger partial charge >= 0.3 is 6.03 Å². The molecule has 1 aromatic carbocycles. The van der Waals surface area contributed by atoms with Crippen LogP contribution in [-0.4, -0.2) is 55.6 Å². The lowest BCUT2D eigenvalue weighted by Gasteiger charge is -2.17. The van der Waals surface area contributed by atoms with E-state index in [0.29, 0.717) is 24.3 Å². The van der Waals surface area contributed by atoms with Gasteiger partial charge in [0.1, 0.15) is 6.04 Å². The highest BCUT2D eigenvalue weighted by atomic mass is 16.5. The summed E-state index contributed by atoms with van der Waals surface area (Å²) in [7, 11) is 3.14. The van der Waals surface area contributed by atoms with Crippen molar-refractivity contribution in [3.05, 3.63) is 23.8 Å². The number of nitrogens with one attached hydrogen (secondary N) is 2. The van der Waals surface area contributed by atoms with E-state index in [2.05, 4.69) is 10.6 Å². The molecule has 1 heterocycles. The number of rotatable bonds is 9. The third kappa shape index (κ3) is 6.12. The smallest absolute Gasteiger partial charge is 0.324 e. The van der Waals surface area contributed by atoms with Crippen LogP contribution in [0.4, 0.5) is 4.79 Å².